The molecule has 7 nitrogen and oxygen atoms in total. The van der Waals surface area contributed by atoms with Crippen LogP contribution in [0.1, 0.15) is 13.3 Å². The second kappa shape index (κ2) is 6.55. The van der Waals surface area contributed by atoms with E-state index < -0.39 is 18.2 Å². The highest BCUT2D eigenvalue weighted by Crippen LogP contribution is 2.19. The summed E-state index contributed by atoms with van der Waals surface area (Å²) in [5.41, 5.74) is 0. The number of nitrogens with zero attached hydrogens (tertiary/aromatic N) is 1. The lowest BCUT2D eigenvalue weighted by atomic mass is 10.0. The van der Waals surface area contributed by atoms with Gasteiger partial charge in [-0.1, -0.05) is 0 Å². The molecule has 104 valence electrons. The molecule has 0 aliphatic carbocycles. The van der Waals surface area contributed by atoms with E-state index in [-0.39, 0.29) is 18.5 Å². The molecule has 1 saturated heterocycles. The van der Waals surface area contributed by atoms with Crippen LogP contribution in [0.4, 0.5) is 4.79 Å². The van der Waals surface area contributed by atoms with Crippen molar-refractivity contribution in [1.82, 2.24) is 10.2 Å². The van der Waals surface area contributed by atoms with Crippen molar-refractivity contribution in [3.05, 3.63) is 0 Å². The van der Waals surface area contributed by atoms with Gasteiger partial charge in [0.25, 0.3) is 0 Å². The number of amides is 2. The molecule has 0 spiro atoms. The molecule has 0 bridgehead atoms. The van der Waals surface area contributed by atoms with E-state index in [0.29, 0.717) is 13.1 Å². The summed E-state index contributed by atoms with van der Waals surface area (Å²) in [6.07, 6.45) is -0.713. The van der Waals surface area contributed by atoms with Crippen LogP contribution in [0.3, 0.4) is 0 Å². The lowest BCUT2D eigenvalue weighted by Gasteiger charge is -2.19. The maximum atomic E-state index is 11.7. The van der Waals surface area contributed by atoms with Gasteiger partial charge >= 0.3 is 12.0 Å². The molecule has 3 N–H and O–H groups in total. The van der Waals surface area contributed by atoms with Gasteiger partial charge in [-0.05, 0) is 13.3 Å². The number of urea groups is 1. The number of carboxylic acids is 1. The molecule has 0 radical (unpaired) electrons. The second-order valence-electron chi connectivity index (χ2n) is 4.48. The van der Waals surface area contributed by atoms with Crippen molar-refractivity contribution >= 4 is 12.0 Å². The van der Waals surface area contributed by atoms with Crippen molar-refractivity contribution in [1.29, 1.82) is 0 Å². The fourth-order valence-electron chi connectivity index (χ4n) is 1.93. The Bertz CT molecular complexity index is 308. The van der Waals surface area contributed by atoms with Crippen LogP contribution in [-0.2, 0) is 9.53 Å². The van der Waals surface area contributed by atoms with Crippen LogP contribution in [0, 0.1) is 5.92 Å². The standard InChI is InChI=1S/C11H20N2O5/c1-7(14)8-3-4-13(6-8)11(17)12-5-9(18-2)10(15)16/h7-9,14H,3-6H2,1-2H3,(H,12,17)(H,15,16). The van der Waals surface area contributed by atoms with Gasteiger partial charge in [0.15, 0.2) is 6.10 Å². The molecule has 1 heterocycles. The number of hydrogen-bond acceptors (Lipinski definition) is 4. The summed E-state index contributed by atoms with van der Waals surface area (Å²) in [6.45, 7) is 2.71. The lowest BCUT2D eigenvalue weighted by molar-refractivity contribution is -0.148. The first-order valence-electron chi connectivity index (χ1n) is 5.92. The van der Waals surface area contributed by atoms with E-state index in [1.54, 1.807) is 11.8 Å². The normalized spacial score (nSPS) is 22.6. The molecular formula is C11H20N2O5. The van der Waals surface area contributed by atoms with Gasteiger partial charge in [-0.2, -0.15) is 0 Å². The highest BCUT2D eigenvalue weighted by Gasteiger charge is 2.29. The average molecular weight is 260 g/mol. The minimum atomic E-state index is -1.11. The van der Waals surface area contributed by atoms with Gasteiger partial charge in [0.1, 0.15) is 0 Å². The van der Waals surface area contributed by atoms with Crippen molar-refractivity contribution in [3.8, 4) is 0 Å². The predicted molar refractivity (Wildman–Crippen MR) is 63.2 cm³/mol. The zero-order valence-corrected chi connectivity index (χ0v) is 10.6. The third-order valence-corrected chi connectivity index (χ3v) is 3.19. The van der Waals surface area contributed by atoms with Crippen LogP contribution in [0.5, 0.6) is 0 Å². The summed E-state index contributed by atoms with van der Waals surface area (Å²) in [6, 6.07) is -0.318. The molecule has 0 aromatic carbocycles. The van der Waals surface area contributed by atoms with Crippen LogP contribution in [0.2, 0.25) is 0 Å². The number of methoxy groups -OCH3 is 1. The number of aliphatic carboxylic acids is 1. The minimum Gasteiger partial charge on any atom is -0.479 e. The summed E-state index contributed by atoms with van der Waals surface area (Å²) in [5, 5.41) is 20.7. The number of nitrogens with one attached hydrogen (secondary N) is 1. The van der Waals surface area contributed by atoms with Gasteiger partial charge in [-0.25, -0.2) is 9.59 Å². The molecule has 1 rings (SSSR count). The Kier molecular flexibility index (Phi) is 5.36. The van der Waals surface area contributed by atoms with Gasteiger partial charge in [0.2, 0.25) is 0 Å². The summed E-state index contributed by atoms with van der Waals surface area (Å²) < 4.78 is 4.71. The zero-order valence-electron chi connectivity index (χ0n) is 10.6. The number of rotatable bonds is 5. The Balaban J connectivity index is 2.36. The van der Waals surface area contributed by atoms with E-state index in [2.05, 4.69) is 5.32 Å². The molecule has 3 unspecified atom stereocenters. The number of likely N-dealkylation sites (tertiary alicyclic amines) is 1. The molecular weight excluding hydrogens is 240 g/mol. The average Bonchev–Trinajstić information content (AvgIpc) is 2.78. The van der Waals surface area contributed by atoms with Gasteiger partial charge in [-0.3, -0.25) is 0 Å². The fraction of sp³-hybridized carbons (Fsp3) is 0.818. The molecule has 1 aliphatic heterocycles. The Hall–Kier alpha value is -1.34. The van der Waals surface area contributed by atoms with E-state index in [1.807, 2.05) is 0 Å². The molecule has 1 aliphatic rings. The van der Waals surface area contributed by atoms with Crippen molar-refractivity contribution in [2.45, 2.75) is 25.6 Å². The number of carboxylic acid groups (broad SMARTS) is 1. The maximum absolute atomic E-state index is 11.7. The van der Waals surface area contributed by atoms with Crippen molar-refractivity contribution in [3.63, 3.8) is 0 Å². The quantitative estimate of drug-likeness (QED) is 0.619. The number of aliphatic hydroxyl groups excluding tert-OH is 1. The second-order valence-corrected chi connectivity index (χ2v) is 4.48. The first-order valence-corrected chi connectivity index (χ1v) is 5.92. The van der Waals surface area contributed by atoms with E-state index in [9.17, 15) is 14.7 Å². The Morgan fingerprint density at radius 3 is 2.67 bits per heavy atom. The summed E-state index contributed by atoms with van der Waals surface area (Å²) in [4.78, 5) is 24.0. The van der Waals surface area contributed by atoms with Crippen molar-refractivity contribution in [2.24, 2.45) is 5.92 Å². The van der Waals surface area contributed by atoms with Crippen molar-refractivity contribution < 1.29 is 24.5 Å². The molecule has 0 aromatic rings. The highest BCUT2D eigenvalue weighted by molar-refractivity contribution is 5.77. The van der Waals surface area contributed by atoms with Crippen LogP contribution >= 0.6 is 0 Å². The Morgan fingerprint density at radius 1 is 1.56 bits per heavy atom. The van der Waals surface area contributed by atoms with E-state index in [1.165, 1.54) is 7.11 Å². The largest absolute Gasteiger partial charge is 0.479 e. The topological polar surface area (TPSA) is 99.1 Å². The summed E-state index contributed by atoms with van der Waals surface area (Å²) in [7, 11) is 1.28. The number of hydrogen-bond donors (Lipinski definition) is 3. The first kappa shape index (κ1) is 14.7. The number of aliphatic hydroxyl groups is 1. The molecule has 1 fully saturated rings. The number of carbonyl (C=O) groups excluding carboxylic acids is 1. The van der Waals surface area contributed by atoms with E-state index in [4.69, 9.17) is 9.84 Å². The fourth-order valence-corrected chi connectivity index (χ4v) is 1.93. The van der Waals surface area contributed by atoms with E-state index in [0.717, 1.165) is 6.42 Å². The summed E-state index contributed by atoms with van der Waals surface area (Å²) in [5.74, 6) is -1.02. The van der Waals surface area contributed by atoms with Crippen molar-refractivity contribution in [2.75, 3.05) is 26.7 Å². The maximum Gasteiger partial charge on any atom is 0.334 e. The SMILES string of the molecule is COC(CNC(=O)N1CCC(C(C)O)C1)C(=O)O. The number of ether oxygens (including phenoxy) is 1. The van der Waals surface area contributed by atoms with Gasteiger partial charge in [0, 0.05) is 26.1 Å². The predicted octanol–water partition coefficient (Wildman–Crippen LogP) is -0.502. The van der Waals surface area contributed by atoms with Crippen LogP contribution in [0.25, 0.3) is 0 Å². The van der Waals surface area contributed by atoms with Crippen LogP contribution in [0.15, 0.2) is 0 Å². The smallest absolute Gasteiger partial charge is 0.334 e. The van der Waals surface area contributed by atoms with E-state index >= 15 is 0 Å². The third kappa shape index (κ3) is 3.85. The first-order chi connectivity index (χ1) is 8.45. The molecule has 0 saturated carbocycles. The molecule has 7 heteroatoms. The van der Waals surface area contributed by atoms with Gasteiger partial charge in [0.05, 0.1) is 12.6 Å². The van der Waals surface area contributed by atoms with Gasteiger partial charge < -0.3 is 25.2 Å². The van der Waals surface area contributed by atoms with Gasteiger partial charge in [-0.15, -0.1) is 0 Å². The monoisotopic (exact) mass is 260 g/mol. The van der Waals surface area contributed by atoms with Crippen LogP contribution < -0.4 is 5.32 Å². The lowest BCUT2D eigenvalue weighted by Crippen LogP contribution is -2.44. The third-order valence-electron chi connectivity index (χ3n) is 3.19. The minimum absolute atomic E-state index is 0.0689. The Morgan fingerprint density at radius 2 is 2.22 bits per heavy atom. The molecule has 2 amide bonds. The Labute approximate surface area is 106 Å². The zero-order chi connectivity index (χ0) is 13.7. The number of carbonyl (C=O) groups is 2. The molecule has 3 atom stereocenters. The molecule has 0 aromatic heterocycles. The highest BCUT2D eigenvalue weighted by atomic mass is 16.5. The summed E-state index contributed by atoms with van der Waals surface area (Å²) >= 11 is 0. The molecule has 18 heavy (non-hydrogen) atoms. The van der Waals surface area contributed by atoms with Crippen LogP contribution in [-0.4, -0.2) is 66.1 Å².